The molecule has 2 aromatic carbocycles. The second-order valence-electron chi connectivity index (χ2n) is 7.50. The van der Waals surface area contributed by atoms with Crippen LogP contribution in [0.3, 0.4) is 0 Å². The number of rotatable bonds is 4. The van der Waals surface area contributed by atoms with E-state index in [1.165, 1.54) is 22.7 Å². The van der Waals surface area contributed by atoms with Crippen LogP contribution in [0, 0.1) is 28.9 Å². The third kappa shape index (κ3) is 4.29. The molecule has 2 heterocycles. The zero-order chi connectivity index (χ0) is 22.8. The van der Waals surface area contributed by atoms with Gasteiger partial charge >= 0.3 is 0 Å². The van der Waals surface area contributed by atoms with Gasteiger partial charge in [-0.15, -0.1) is 11.8 Å². The number of benzene rings is 2. The number of nitrogens with zero attached hydrogens (tertiary/aromatic N) is 3. The lowest BCUT2D eigenvalue weighted by molar-refractivity contribution is -0.139. The van der Waals surface area contributed by atoms with E-state index in [2.05, 4.69) is 5.32 Å². The van der Waals surface area contributed by atoms with Gasteiger partial charge in [0.15, 0.2) is 0 Å². The smallest absolute Gasteiger partial charge is 0.248 e. The van der Waals surface area contributed by atoms with Gasteiger partial charge in [-0.1, -0.05) is 0 Å². The Morgan fingerprint density at radius 2 is 1.91 bits per heavy atom. The van der Waals surface area contributed by atoms with Crippen molar-refractivity contribution in [1.29, 1.82) is 5.26 Å². The van der Waals surface area contributed by atoms with Crippen LogP contribution >= 0.6 is 11.8 Å². The Kier molecular flexibility index (Phi) is 6.10. The van der Waals surface area contributed by atoms with Crippen LogP contribution in [0.1, 0.15) is 12.0 Å². The first-order chi connectivity index (χ1) is 15.4. The molecule has 32 heavy (non-hydrogen) atoms. The second kappa shape index (κ2) is 8.96. The van der Waals surface area contributed by atoms with Crippen molar-refractivity contribution in [3.05, 3.63) is 59.7 Å². The highest BCUT2D eigenvalue weighted by Crippen LogP contribution is 2.31. The Hall–Kier alpha value is -3.45. The molecule has 3 amide bonds. The molecule has 0 radical (unpaired) electrons. The van der Waals surface area contributed by atoms with Crippen molar-refractivity contribution in [2.45, 2.75) is 12.5 Å². The van der Waals surface area contributed by atoms with Crippen molar-refractivity contribution in [3.8, 4) is 6.07 Å². The van der Waals surface area contributed by atoms with Gasteiger partial charge in [0.05, 0.1) is 29.1 Å². The molecule has 164 valence electrons. The van der Waals surface area contributed by atoms with Gasteiger partial charge in [0.25, 0.3) is 0 Å². The third-order valence-electron chi connectivity index (χ3n) is 5.42. The molecular weight excluding hydrogens is 438 g/mol. The van der Waals surface area contributed by atoms with Gasteiger partial charge in [-0.25, -0.2) is 8.78 Å². The number of nitrogens with one attached hydrogen (secondary N) is 1. The number of carbonyl (C=O) groups is 3. The van der Waals surface area contributed by atoms with Crippen LogP contribution in [-0.2, 0) is 14.4 Å². The molecule has 10 heteroatoms. The molecule has 2 atom stereocenters. The normalized spacial score (nSPS) is 20.3. The summed E-state index contributed by atoms with van der Waals surface area (Å²) in [6, 6.07) is 10.6. The highest BCUT2D eigenvalue weighted by atomic mass is 32.2. The maximum atomic E-state index is 14.1. The van der Waals surface area contributed by atoms with E-state index >= 15 is 0 Å². The first-order valence-electron chi connectivity index (χ1n) is 9.82. The molecule has 0 spiro atoms. The van der Waals surface area contributed by atoms with E-state index in [1.54, 1.807) is 24.3 Å². The van der Waals surface area contributed by atoms with Crippen LogP contribution in [0.4, 0.5) is 20.2 Å². The van der Waals surface area contributed by atoms with Crippen molar-refractivity contribution in [1.82, 2.24) is 4.90 Å². The van der Waals surface area contributed by atoms with Crippen molar-refractivity contribution in [2.75, 3.05) is 28.4 Å². The number of carbonyl (C=O) groups excluding carboxylic acids is 3. The van der Waals surface area contributed by atoms with Crippen LogP contribution in [0.5, 0.6) is 0 Å². The first-order valence-corrected chi connectivity index (χ1v) is 11.0. The van der Waals surface area contributed by atoms with Crippen molar-refractivity contribution in [2.24, 2.45) is 5.92 Å². The van der Waals surface area contributed by atoms with Crippen molar-refractivity contribution < 1.29 is 23.2 Å². The number of thioether (sulfide) groups is 1. The quantitative estimate of drug-likeness (QED) is 0.764. The molecule has 0 bridgehead atoms. The Morgan fingerprint density at radius 1 is 1.16 bits per heavy atom. The summed E-state index contributed by atoms with van der Waals surface area (Å²) in [7, 11) is 0. The Morgan fingerprint density at radius 3 is 2.59 bits per heavy atom. The highest BCUT2D eigenvalue weighted by molar-refractivity contribution is 7.99. The average molecular weight is 456 g/mol. The Labute approximate surface area is 187 Å². The van der Waals surface area contributed by atoms with E-state index in [0.29, 0.717) is 28.9 Å². The first kappa shape index (κ1) is 21.8. The van der Waals surface area contributed by atoms with Crippen LogP contribution in [0.15, 0.2) is 42.5 Å². The number of nitriles is 1. The predicted octanol–water partition coefficient (Wildman–Crippen LogP) is 2.73. The summed E-state index contributed by atoms with van der Waals surface area (Å²) in [6.07, 6.45) is -0.110. The van der Waals surface area contributed by atoms with E-state index in [9.17, 15) is 23.2 Å². The van der Waals surface area contributed by atoms with Gasteiger partial charge in [0, 0.05) is 30.5 Å². The van der Waals surface area contributed by atoms with Gasteiger partial charge < -0.3 is 15.1 Å². The van der Waals surface area contributed by atoms with Gasteiger partial charge in [-0.3, -0.25) is 14.4 Å². The summed E-state index contributed by atoms with van der Waals surface area (Å²) >= 11 is 1.43. The minimum absolute atomic E-state index is 0.0364. The molecule has 0 aliphatic carbocycles. The lowest BCUT2D eigenvalue weighted by atomic mass is 10.1. The summed E-state index contributed by atoms with van der Waals surface area (Å²) in [6.45, 7) is -0.0364. The molecule has 4 rings (SSSR count). The van der Waals surface area contributed by atoms with Crippen molar-refractivity contribution in [3.63, 3.8) is 0 Å². The zero-order valence-electron chi connectivity index (χ0n) is 16.8. The molecule has 2 unspecified atom stereocenters. The minimum atomic E-state index is -0.872. The molecule has 0 saturated carbocycles. The topological polar surface area (TPSA) is 93.5 Å². The van der Waals surface area contributed by atoms with E-state index in [4.69, 9.17) is 5.26 Å². The molecule has 7 nitrogen and oxygen atoms in total. The van der Waals surface area contributed by atoms with E-state index < -0.39 is 29.5 Å². The van der Waals surface area contributed by atoms with E-state index in [0.717, 1.165) is 11.0 Å². The maximum absolute atomic E-state index is 14.1. The van der Waals surface area contributed by atoms with Crippen LogP contribution in [-0.4, -0.2) is 46.8 Å². The summed E-state index contributed by atoms with van der Waals surface area (Å²) in [5, 5.41) is 11.6. The largest absolute Gasteiger partial charge is 0.324 e. The third-order valence-corrected chi connectivity index (χ3v) is 6.44. The van der Waals surface area contributed by atoms with E-state index in [1.807, 2.05) is 6.07 Å². The number of amides is 3. The molecule has 2 aliphatic heterocycles. The lowest BCUT2D eigenvalue weighted by Gasteiger charge is -2.26. The number of halogens is 2. The van der Waals surface area contributed by atoms with Gasteiger partial charge in [-0.2, -0.15) is 5.26 Å². The second-order valence-corrected chi connectivity index (χ2v) is 8.50. The number of anilines is 2. The summed E-state index contributed by atoms with van der Waals surface area (Å²) in [5.41, 5.74) is 0.897. The SMILES string of the molecule is N#Cc1ccc(NC(=O)C2CSCN2C(=O)C2CC(=O)N(c3ccc(F)cc3F)C2)cc1. The molecule has 2 aromatic rings. The van der Waals surface area contributed by atoms with Gasteiger partial charge in [0.2, 0.25) is 17.7 Å². The fourth-order valence-electron chi connectivity index (χ4n) is 3.77. The number of hydrogen-bond acceptors (Lipinski definition) is 5. The molecule has 0 aromatic heterocycles. The monoisotopic (exact) mass is 456 g/mol. The summed E-state index contributed by atoms with van der Waals surface area (Å²) < 4.78 is 27.3. The van der Waals surface area contributed by atoms with Crippen LogP contribution in [0.2, 0.25) is 0 Å². The highest BCUT2D eigenvalue weighted by Gasteiger charge is 2.43. The standard InChI is InChI=1S/C22H18F2N4O3S/c23-15-3-6-18(17(24)8-15)27-10-14(7-20(27)29)22(31)28-12-32-11-19(28)21(30)26-16-4-1-13(9-25)2-5-16/h1-6,8,14,19H,7,10-12H2,(H,26,30). The number of hydrogen-bond donors (Lipinski definition) is 1. The maximum Gasteiger partial charge on any atom is 0.248 e. The van der Waals surface area contributed by atoms with Crippen LogP contribution < -0.4 is 10.2 Å². The average Bonchev–Trinajstić information content (AvgIpc) is 3.41. The van der Waals surface area contributed by atoms with Gasteiger partial charge in [0.1, 0.15) is 17.7 Å². The molecular formula is C22H18F2N4O3S. The van der Waals surface area contributed by atoms with Crippen LogP contribution in [0.25, 0.3) is 0 Å². The Bertz CT molecular complexity index is 1120. The fraction of sp³-hybridized carbons (Fsp3) is 0.273. The van der Waals surface area contributed by atoms with E-state index in [-0.39, 0.29) is 30.5 Å². The minimum Gasteiger partial charge on any atom is -0.324 e. The Balaban J connectivity index is 1.44. The molecule has 1 N–H and O–H groups in total. The summed E-state index contributed by atoms with van der Waals surface area (Å²) in [4.78, 5) is 40.9. The zero-order valence-corrected chi connectivity index (χ0v) is 17.6. The molecule has 2 saturated heterocycles. The summed E-state index contributed by atoms with van der Waals surface area (Å²) in [5.74, 6) is -2.79. The van der Waals surface area contributed by atoms with Crippen molar-refractivity contribution >= 4 is 40.9 Å². The fourth-order valence-corrected chi connectivity index (χ4v) is 4.94. The predicted molar refractivity (Wildman–Crippen MR) is 115 cm³/mol. The van der Waals surface area contributed by atoms with Gasteiger partial charge in [-0.05, 0) is 36.4 Å². The molecule has 2 aliphatic rings. The molecule has 2 fully saturated rings. The lowest BCUT2D eigenvalue weighted by Crippen LogP contribution is -2.47.